The predicted octanol–water partition coefficient (Wildman–Crippen LogP) is 2.90. The first-order valence-corrected chi connectivity index (χ1v) is 8.62. The third kappa shape index (κ3) is 8.32. The van der Waals surface area contributed by atoms with Gasteiger partial charge in [-0.05, 0) is 50.5 Å². The predicted molar refractivity (Wildman–Crippen MR) is 93.4 cm³/mol. The minimum absolute atomic E-state index is 0.0256. The number of amides is 2. The lowest BCUT2D eigenvalue weighted by molar-refractivity contribution is 0.113. The number of aliphatic hydroxyl groups excluding tert-OH is 1. The first kappa shape index (κ1) is 20.4. The van der Waals surface area contributed by atoms with Gasteiger partial charge in [-0.1, -0.05) is 0 Å². The molecule has 0 aliphatic carbocycles. The van der Waals surface area contributed by atoms with Gasteiger partial charge in [-0.2, -0.15) is 0 Å². The van der Waals surface area contributed by atoms with Gasteiger partial charge >= 0.3 is 12.2 Å². The van der Waals surface area contributed by atoms with Crippen LogP contribution in [-0.4, -0.2) is 29.6 Å². The van der Waals surface area contributed by atoms with Gasteiger partial charge in [0.15, 0.2) is 13.2 Å². The molecule has 0 aliphatic rings. The number of hydrogen-bond donors (Lipinski definition) is 3. The average Bonchev–Trinajstić information content (AvgIpc) is 3.31. The molecule has 0 spiro atoms. The van der Waals surface area contributed by atoms with Gasteiger partial charge in [-0.25, -0.2) is 9.59 Å². The van der Waals surface area contributed by atoms with Gasteiger partial charge in [-0.15, -0.1) is 0 Å². The van der Waals surface area contributed by atoms with Crippen molar-refractivity contribution in [3.8, 4) is 0 Å². The molecule has 2 heterocycles. The van der Waals surface area contributed by atoms with Crippen LogP contribution in [0.15, 0.2) is 45.6 Å². The van der Waals surface area contributed by atoms with Crippen molar-refractivity contribution in [3.63, 3.8) is 0 Å². The Morgan fingerprint density at radius 3 is 1.93 bits per heavy atom. The SMILES string of the molecule is CC(O)CCCC(NC(=O)OCc1ccco1)NC(=O)OCc1ccco1. The molecule has 1 atom stereocenters. The van der Waals surface area contributed by atoms with E-state index in [1.165, 1.54) is 12.5 Å². The van der Waals surface area contributed by atoms with Gasteiger partial charge in [0.25, 0.3) is 0 Å². The minimum Gasteiger partial charge on any atom is -0.466 e. The lowest BCUT2D eigenvalue weighted by atomic mass is 10.1. The number of carbonyl (C=O) groups excluding carboxylic acids is 2. The summed E-state index contributed by atoms with van der Waals surface area (Å²) in [6.07, 6.45) is 1.87. The van der Waals surface area contributed by atoms with E-state index in [1.54, 1.807) is 31.2 Å². The Morgan fingerprint density at radius 2 is 1.52 bits per heavy atom. The summed E-state index contributed by atoms with van der Waals surface area (Å²) in [4.78, 5) is 23.9. The second-order valence-corrected chi connectivity index (χ2v) is 5.93. The Balaban J connectivity index is 1.79. The van der Waals surface area contributed by atoms with E-state index in [-0.39, 0.29) is 13.2 Å². The molecule has 0 bridgehead atoms. The first-order valence-electron chi connectivity index (χ1n) is 8.62. The highest BCUT2D eigenvalue weighted by Gasteiger charge is 2.17. The fraction of sp³-hybridized carbons (Fsp3) is 0.444. The number of hydrogen-bond acceptors (Lipinski definition) is 7. The normalized spacial score (nSPS) is 11.8. The molecule has 0 aliphatic heterocycles. The van der Waals surface area contributed by atoms with Gasteiger partial charge in [0.1, 0.15) is 17.7 Å². The fourth-order valence-corrected chi connectivity index (χ4v) is 2.23. The molecule has 0 radical (unpaired) electrons. The summed E-state index contributed by atoms with van der Waals surface area (Å²) >= 11 is 0. The van der Waals surface area contributed by atoms with Crippen LogP contribution in [0.4, 0.5) is 9.59 Å². The van der Waals surface area contributed by atoms with Crippen LogP contribution in [-0.2, 0) is 22.7 Å². The van der Waals surface area contributed by atoms with Crippen LogP contribution in [0.2, 0.25) is 0 Å². The third-order valence-corrected chi connectivity index (χ3v) is 3.55. The van der Waals surface area contributed by atoms with E-state index in [4.69, 9.17) is 18.3 Å². The molecular weight excluding hydrogens is 356 g/mol. The molecule has 27 heavy (non-hydrogen) atoms. The summed E-state index contributed by atoms with van der Waals surface area (Å²) in [7, 11) is 0. The molecular formula is C18H24N2O7. The largest absolute Gasteiger partial charge is 0.466 e. The zero-order valence-corrected chi connectivity index (χ0v) is 15.1. The first-order chi connectivity index (χ1) is 13.0. The quantitative estimate of drug-likeness (QED) is 0.542. The van der Waals surface area contributed by atoms with Gasteiger partial charge in [0.2, 0.25) is 0 Å². The van der Waals surface area contributed by atoms with Crippen molar-refractivity contribution < 1.29 is 33.0 Å². The van der Waals surface area contributed by atoms with Crippen LogP contribution in [0.25, 0.3) is 0 Å². The maximum Gasteiger partial charge on any atom is 0.409 e. The highest BCUT2D eigenvalue weighted by Crippen LogP contribution is 2.06. The lowest BCUT2D eigenvalue weighted by Crippen LogP contribution is -2.48. The van der Waals surface area contributed by atoms with Crippen LogP contribution >= 0.6 is 0 Å². The zero-order chi connectivity index (χ0) is 19.5. The van der Waals surface area contributed by atoms with Gasteiger partial charge in [-0.3, -0.25) is 0 Å². The molecule has 9 nitrogen and oxygen atoms in total. The van der Waals surface area contributed by atoms with Crippen LogP contribution < -0.4 is 10.6 Å². The molecule has 2 aromatic heterocycles. The number of aliphatic hydroxyl groups is 1. The van der Waals surface area contributed by atoms with E-state index >= 15 is 0 Å². The van der Waals surface area contributed by atoms with Gasteiger partial charge in [0, 0.05) is 0 Å². The summed E-state index contributed by atoms with van der Waals surface area (Å²) in [5, 5.41) is 14.5. The molecule has 1 unspecified atom stereocenters. The Kier molecular flexibility index (Phi) is 8.24. The summed E-state index contributed by atoms with van der Waals surface area (Å²) in [5.74, 6) is 1.00. The number of ether oxygens (including phenoxy) is 2. The average molecular weight is 380 g/mol. The van der Waals surface area contributed by atoms with Crippen LogP contribution in [0.1, 0.15) is 37.7 Å². The lowest BCUT2D eigenvalue weighted by Gasteiger charge is -2.20. The molecule has 2 rings (SSSR count). The highest BCUT2D eigenvalue weighted by molar-refractivity contribution is 5.70. The van der Waals surface area contributed by atoms with Crippen molar-refractivity contribution in [1.82, 2.24) is 10.6 Å². The van der Waals surface area contributed by atoms with Crippen molar-refractivity contribution in [1.29, 1.82) is 0 Å². The van der Waals surface area contributed by atoms with E-state index in [9.17, 15) is 14.7 Å². The molecule has 3 N–H and O–H groups in total. The number of alkyl carbamates (subject to hydrolysis) is 2. The monoisotopic (exact) mass is 380 g/mol. The van der Waals surface area contributed by atoms with E-state index < -0.39 is 24.5 Å². The molecule has 9 heteroatoms. The molecule has 0 saturated heterocycles. The number of nitrogens with one attached hydrogen (secondary N) is 2. The van der Waals surface area contributed by atoms with Crippen molar-refractivity contribution in [2.24, 2.45) is 0 Å². The molecule has 0 fully saturated rings. The topological polar surface area (TPSA) is 123 Å². The number of furan rings is 2. The Labute approximate surface area is 156 Å². The molecule has 2 aromatic rings. The fourth-order valence-electron chi connectivity index (χ4n) is 2.23. The molecule has 148 valence electrons. The molecule has 0 aromatic carbocycles. The van der Waals surface area contributed by atoms with Crippen LogP contribution in [0.3, 0.4) is 0 Å². The van der Waals surface area contributed by atoms with Crippen molar-refractivity contribution in [2.45, 2.75) is 51.7 Å². The Morgan fingerprint density at radius 1 is 1.00 bits per heavy atom. The molecule has 2 amide bonds. The van der Waals surface area contributed by atoms with E-state index in [0.29, 0.717) is 30.8 Å². The maximum absolute atomic E-state index is 11.9. The number of carbonyl (C=O) groups is 2. The van der Waals surface area contributed by atoms with Gasteiger partial charge in [0.05, 0.1) is 18.6 Å². The van der Waals surface area contributed by atoms with Crippen molar-refractivity contribution in [2.75, 3.05) is 0 Å². The van der Waals surface area contributed by atoms with Crippen molar-refractivity contribution >= 4 is 12.2 Å². The third-order valence-electron chi connectivity index (χ3n) is 3.55. The van der Waals surface area contributed by atoms with E-state index in [2.05, 4.69) is 10.6 Å². The standard InChI is InChI=1S/C18H24N2O7/c1-13(21)5-2-8-16(19-17(22)26-11-14-6-3-9-24-14)20-18(23)27-12-15-7-4-10-25-15/h3-4,6-7,9-10,13,16,21H,2,5,8,11-12H2,1H3,(H,19,22)(H,20,23). The summed E-state index contributed by atoms with van der Waals surface area (Å²) in [6.45, 7) is 1.62. The summed E-state index contributed by atoms with van der Waals surface area (Å²) < 4.78 is 20.3. The second-order valence-electron chi connectivity index (χ2n) is 5.93. The molecule has 0 saturated carbocycles. The summed E-state index contributed by atoms with van der Waals surface area (Å²) in [6, 6.07) is 6.73. The summed E-state index contributed by atoms with van der Waals surface area (Å²) in [5.41, 5.74) is 0. The zero-order valence-electron chi connectivity index (χ0n) is 15.1. The highest BCUT2D eigenvalue weighted by atomic mass is 16.6. The van der Waals surface area contributed by atoms with Gasteiger partial charge < -0.3 is 34.0 Å². The van der Waals surface area contributed by atoms with E-state index in [0.717, 1.165) is 0 Å². The number of rotatable bonds is 10. The maximum atomic E-state index is 11.9. The Hall–Kier alpha value is -2.94. The smallest absolute Gasteiger partial charge is 0.409 e. The van der Waals surface area contributed by atoms with Crippen LogP contribution in [0.5, 0.6) is 0 Å². The second kappa shape index (κ2) is 10.9. The minimum atomic E-state index is -0.711. The van der Waals surface area contributed by atoms with Crippen LogP contribution in [0, 0.1) is 0 Å². The Bertz CT molecular complexity index is 616. The van der Waals surface area contributed by atoms with Crippen molar-refractivity contribution in [3.05, 3.63) is 48.3 Å². The van der Waals surface area contributed by atoms with E-state index in [1.807, 2.05) is 0 Å².